The summed E-state index contributed by atoms with van der Waals surface area (Å²) in [7, 11) is 0. The minimum atomic E-state index is -0.0835. The summed E-state index contributed by atoms with van der Waals surface area (Å²) in [6, 6.07) is 53.1. The molecule has 1 aromatic heterocycles. The normalized spacial score (nSPS) is 15.8. The largest absolute Gasteiger partial charge is 0.485 e. The number of hydrogen-bond donors (Lipinski definition) is 0. The molecule has 240 valence electrons. The summed E-state index contributed by atoms with van der Waals surface area (Å²) in [5, 5.41) is 4.81. The third kappa shape index (κ3) is 5.20. The zero-order chi connectivity index (χ0) is 33.7. The predicted molar refractivity (Wildman–Crippen MR) is 207 cm³/mol. The second-order valence-corrected chi connectivity index (χ2v) is 13.2. The summed E-state index contributed by atoms with van der Waals surface area (Å²) >= 11 is 0. The average molecular weight is 654 g/mol. The topological polar surface area (TPSA) is 47.9 Å². The van der Waals surface area contributed by atoms with Gasteiger partial charge in [-0.1, -0.05) is 146 Å². The Bertz CT molecular complexity index is 2680. The van der Waals surface area contributed by atoms with Gasteiger partial charge in [-0.05, 0) is 74.1 Å². The van der Waals surface area contributed by atoms with Crippen LogP contribution in [0.4, 0.5) is 0 Å². The van der Waals surface area contributed by atoms with Crippen LogP contribution in [0.5, 0.6) is 5.75 Å². The molecule has 8 aromatic rings. The standard InChI is InChI=1S/C47H31N3O/c1-3-12-30(13-4-1)33-17-11-18-34(26-33)37-28-41(44-40-20-9-10-21-42(40)51-43(44)29-37)47-49-45(32-15-5-2-6-16-32)48-46(50-47)36-24-25-39-35(27-36)23-22-31-14-7-8-19-38(31)39/h1-29,40,42H. The van der Waals surface area contributed by atoms with Crippen molar-refractivity contribution in [2.24, 2.45) is 0 Å². The first kappa shape index (κ1) is 29.3. The van der Waals surface area contributed by atoms with Gasteiger partial charge in [-0.2, -0.15) is 0 Å². The molecule has 0 N–H and O–H groups in total. The van der Waals surface area contributed by atoms with Gasteiger partial charge in [-0.3, -0.25) is 0 Å². The van der Waals surface area contributed by atoms with Gasteiger partial charge in [0.25, 0.3) is 0 Å². The molecular formula is C47H31N3O. The molecule has 10 rings (SSSR count). The molecule has 0 spiro atoms. The van der Waals surface area contributed by atoms with E-state index in [0.717, 1.165) is 50.1 Å². The van der Waals surface area contributed by atoms with Gasteiger partial charge in [0.15, 0.2) is 17.5 Å². The molecule has 2 heterocycles. The fraction of sp³-hybridized carbons (Fsp3) is 0.0426. The first-order chi connectivity index (χ1) is 25.2. The summed E-state index contributed by atoms with van der Waals surface area (Å²) in [6.45, 7) is 0. The highest BCUT2D eigenvalue weighted by atomic mass is 16.5. The van der Waals surface area contributed by atoms with Crippen LogP contribution >= 0.6 is 0 Å². The zero-order valence-electron chi connectivity index (χ0n) is 27.6. The molecule has 0 bridgehead atoms. The molecule has 1 aliphatic carbocycles. The molecule has 2 unspecified atom stereocenters. The van der Waals surface area contributed by atoms with Crippen molar-refractivity contribution in [3.63, 3.8) is 0 Å². The predicted octanol–water partition coefficient (Wildman–Crippen LogP) is 11.5. The van der Waals surface area contributed by atoms with Crippen LogP contribution in [-0.4, -0.2) is 21.1 Å². The molecule has 4 nitrogen and oxygen atoms in total. The summed E-state index contributed by atoms with van der Waals surface area (Å²) in [5.41, 5.74) is 8.42. The first-order valence-corrected chi connectivity index (χ1v) is 17.3. The van der Waals surface area contributed by atoms with Crippen LogP contribution in [-0.2, 0) is 0 Å². The number of rotatable bonds is 5. The lowest BCUT2D eigenvalue weighted by atomic mass is 9.86. The Hall–Kier alpha value is -6.65. The van der Waals surface area contributed by atoms with Crippen molar-refractivity contribution in [3.05, 3.63) is 182 Å². The van der Waals surface area contributed by atoms with Crippen molar-refractivity contribution in [2.45, 2.75) is 12.0 Å². The number of ether oxygens (including phenoxy) is 1. The van der Waals surface area contributed by atoms with E-state index in [1.165, 1.54) is 21.7 Å². The van der Waals surface area contributed by atoms with Gasteiger partial charge in [0.05, 0.1) is 0 Å². The number of fused-ring (bicyclic) bond motifs is 6. The third-order valence-electron chi connectivity index (χ3n) is 10.0. The molecule has 0 saturated heterocycles. The highest BCUT2D eigenvalue weighted by molar-refractivity contribution is 6.08. The van der Waals surface area contributed by atoms with Gasteiger partial charge in [0.1, 0.15) is 11.9 Å². The molecule has 1 aliphatic heterocycles. The summed E-state index contributed by atoms with van der Waals surface area (Å²) in [6.07, 6.45) is 8.45. The number of nitrogens with zero attached hydrogens (tertiary/aromatic N) is 3. The smallest absolute Gasteiger partial charge is 0.164 e. The van der Waals surface area contributed by atoms with Gasteiger partial charge in [-0.15, -0.1) is 0 Å². The fourth-order valence-corrected chi connectivity index (χ4v) is 7.53. The van der Waals surface area contributed by atoms with E-state index in [9.17, 15) is 0 Å². The Balaban J connectivity index is 1.18. The van der Waals surface area contributed by atoms with Crippen molar-refractivity contribution >= 4 is 21.5 Å². The van der Waals surface area contributed by atoms with Crippen molar-refractivity contribution in [2.75, 3.05) is 0 Å². The zero-order valence-corrected chi connectivity index (χ0v) is 27.6. The van der Waals surface area contributed by atoms with Gasteiger partial charge in [0, 0.05) is 28.2 Å². The van der Waals surface area contributed by atoms with Gasteiger partial charge >= 0.3 is 0 Å². The number of hydrogen-bond acceptors (Lipinski definition) is 4. The highest BCUT2D eigenvalue weighted by Crippen LogP contribution is 2.48. The van der Waals surface area contributed by atoms with Crippen LogP contribution in [0.3, 0.4) is 0 Å². The van der Waals surface area contributed by atoms with Gasteiger partial charge < -0.3 is 4.74 Å². The van der Waals surface area contributed by atoms with E-state index in [4.69, 9.17) is 19.7 Å². The first-order valence-electron chi connectivity index (χ1n) is 17.3. The minimum absolute atomic E-state index is 0.0547. The van der Waals surface area contributed by atoms with E-state index in [2.05, 4.69) is 152 Å². The highest BCUT2D eigenvalue weighted by Gasteiger charge is 2.36. The van der Waals surface area contributed by atoms with Gasteiger partial charge in [0.2, 0.25) is 0 Å². The average Bonchev–Trinajstić information content (AvgIpc) is 3.59. The van der Waals surface area contributed by atoms with E-state index in [1.54, 1.807) is 0 Å². The lowest BCUT2D eigenvalue weighted by Crippen LogP contribution is -2.16. The molecule has 2 atom stereocenters. The lowest BCUT2D eigenvalue weighted by Gasteiger charge is -2.17. The summed E-state index contributed by atoms with van der Waals surface area (Å²) in [4.78, 5) is 15.6. The molecule has 0 amide bonds. The Labute approximate surface area is 296 Å². The summed E-state index contributed by atoms with van der Waals surface area (Å²) < 4.78 is 6.65. The van der Waals surface area contributed by atoms with Crippen molar-refractivity contribution < 1.29 is 4.74 Å². The SMILES string of the molecule is C1=CC2Oc3cc(-c4cccc(-c5ccccc5)c4)cc(-c4nc(-c5ccccc5)nc(-c5ccc6c(ccc7ccccc76)c5)n4)c3C2C=C1. The fourth-order valence-electron chi connectivity index (χ4n) is 7.53. The Morgan fingerprint density at radius 2 is 1.06 bits per heavy atom. The van der Waals surface area contributed by atoms with Crippen molar-refractivity contribution in [1.82, 2.24) is 15.0 Å². The molecule has 0 radical (unpaired) electrons. The van der Waals surface area contributed by atoms with E-state index in [1.807, 2.05) is 24.3 Å². The maximum atomic E-state index is 6.65. The molecule has 2 aliphatic rings. The minimum Gasteiger partial charge on any atom is -0.485 e. The molecule has 51 heavy (non-hydrogen) atoms. The van der Waals surface area contributed by atoms with Crippen LogP contribution in [0.2, 0.25) is 0 Å². The van der Waals surface area contributed by atoms with E-state index >= 15 is 0 Å². The van der Waals surface area contributed by atoms with E-state index < -0.39 is 0 Å². The van der Waals surface area contributed by atoms with E-state index in [0.29, 0.717) is 17.5 Å². The second-order valence-electron chi connectivity index (χ2n) is 13.2. The maximum absolute atomic E-state index is 6.65. The van der Waals surface area contributed by atoms with Crippen LogP contribution in [0.15, 0.2) is 176 Å². The van der Waals surface area contributed by atoms with Crippen molar-refractivity contribution in [3.8, 4) is 62.2 Å². The van der Waals surface area contributed by atoms with Gasteiger partial charge in [-0.25, -0.2) is 15.0 Å². The number of allylic oxidation sites excluding steroid dienone is 2. The molecule has 0 fully saturated rings. The van der Waals surface area contributed by atoms with Crippen LogP contribution in [0.1, 0.15) is 11.5 Å². The molecule has 0 saturated carbocycles. The Morgan fingerprint density at radius 1 is 0.412 bits per heavy atom. The monoisotopic (exact) mass is 653 g/mol. The Morgan fingerprint density at radius 3 is 1.90 bits per heavy atom. The molecular weight excluding hydrogens is 623 g/mol. The van der Waals surface area contributed by atoms with E-state index in [-0.39, 0.29) is 12.0 Å². The Kier molecular flexibility index (Phi) is 6.91. The lowest BCUT2D eigenvalue weighted by molar-refractivity contribution is 0.269. The van der Waals surface area contributed by atoms with Crippen LogP contribution < -0.4 is 4.74 Å². The maximum Gasteiger partial charge on any atom is 0.164 e. The quantitative estimate of drug-likeness (QED) is 0.173. The number of aromatic nitrogens is 3. The summed E-state index contributed by atoms with van der Waals surface area (Å²) in [5.74, 6) is 2.81. The molecule has 7 aromatic carbocycles. The third-order valence-corrected chi connectivity index (χ3v) is 10.0. The second kappa shape index (κ2) is 12.0. The van der Waals surface area contributed by atoms with Crippen molar-refractivity contribution in [1.29, 1.82) is 0 Å². The molecule has 4 heteroatoms. The van der Waals surface area contributed by atoms with Crippen LogP contribution in [0, 0.1) is 0 Å². The van der Waals surface area contributed by atoms with Crippen LogP contribution in [0.25, 0.3) is 78.0 Å². The number of benzene rings is 7.